The number of quaternary nitrogens is 1. The molecule has 67 heavy (non-hydrogen) atoms. The lowest BCUT2D eigenvalue weighted by Crippen LogP contribution is -2.37. The number of carbonyl (C=O) groups is 2. The van der Waals surface area contributed by atoms with Crippen LogP contribution in [0.3, 0.4) is 0 Å². The Balaban J connectivity index is 4.35. The third kappa shape index (κ3) is 52.2. The summed E-state index contributed by atoms with van der Waals surface area (Å²) in [5.74, 6) is -0.887. The van der Waals surface area contributed by atoms with Gasteiger partial charge >= 0.3 is 11.9 Å². The van der Waals surface area contributed by atoms with E-state index < -0.39 is 32.5 Å². The maximum atomic E-state index is 12.7. The summed E-state index contributed by atoms with van der Waals surface area (Å²) in [4.78, 5) is 37.7. The maximum Gasteiger partial charge on any atom is 0.306 e. The Morgan fingerprint density at radius 2 is 0.851 bits per heavy atom. The van der Waals surface area contributed by atoms with Crippen LogP contribution in [0.25, 0.3) is 0 Å². The molecule has 9 nitrogen and oxygen atoms in total. The molecule has 0 bridgehead atoms. The first-order chi connectivity index (χ1) is 32.5. The normalized spacial score (nSPS) is 14.2. The minimum absolute atomic E-state index is 0.0436. The van der Waals surface area contributed by atoms with Crippen LogP contribution in [0, 0.1) is 0 Å². The third-order valence-corrected chi connectivity index (χ3v) is 11.8. The van der Waals surface area contributed by atoms with Crippen LogP contribution >= 0.6 is 7.82 Å². The number of carbonyl (C=O) groups excluding carboxylic acids is 2. The van der Waals surface area contributed by atoms with E-state index in [1.54, 1.807) is 0 Å². The van der Waals surface area contributed by atoms with Gasteiger partial charge < -0.3 is 27.9 Å². The molecular weight excluding hydrogens is 858 g/mol. The molecule has 0 aliphatic carbocycles. The number of hydrogen-bond donors (Lipinski definition) is 0. The van der Waals surface area contributed by atoms with Crippen molar-refractivity contribution in [2.45, 2.75) is 206 Å². The Morgan fingerprint density at radius 3 is 1.27 bits per heavy atom. The number of hydrogen-bond acceptors (Lipinski definition) is 8. The molecule has 0 aromatic rings. The molecule has 384 valence electrons. The van der Waals surface area contributed by atoms with Crippen molar-refractivity contribution in [2.24, 2.45) is 0 Å². The average Bonchev–Trinajstić information content (AvgIpc) is 3.29. The Kier molecular flexibility index (Phi) is 45.8. The van der Waals surface area contributed by atoms with E-state index >= 15 is 0 Å². The summed E-state index contributed by atoms with van der Waals surface area (Å²) in [5.41, 5.74) is 0. The second-order valence-electron chi connectivity index (χ2n) is 18.5. The minimum Gasteiger partial charge on any atom is -0.756 e. The van der Waals surface area contributed by atoms with Crippen molar-refractivity contribution in [3.63, 3.8) is 0 Å². The summed E-state index contributed by atoms with van der Waals surface area (Å²) >= 11 is 0. The predicted molar refractivity (Wildman–Crippen MR) is 282 cm³/mol. The molecule has 0 aromatic heterocycles. The lowest BCUT2D eigenvalue weighted by molar-refractivity contribution is -0.870. The molecule has 0 N–H and O–H groups in total. The van der Waals surface area contributed by atoms with Gasteiger partial charge in [0, 0.05) is 12.8 Å². The number of phosphoric acid groups is 1. The number of rotatable bonds is 47. The highest BCUT2D eigenvalue weighted by molar-refractivity contribution is 7.45. The van der Waals surface area contributed by atoms with Crippen molar-refractivity contribution in [3.8, 4) is 0 Å². The summed E-state index contributed by atoms with van der Waals surface area (Å²) in [6, 6.07) is 0. The van der Waals surface area contributed by atoms with Gasteiger partial charge in [0.05, 0.1) is 27.7 Å². The van der Waals surface area contributed by atoms with Crippen LogP contribution in [0.2, 0.25) is 0 Å². The van der Waals surface area contributed by atoms with Crippen LogP contribution in [0.4, 0.5) is 0 Å². The molecule has 0 aliphatic rings. The number of phosphoric ester groups is 1. The number of likely N-dealkylation sites (N-methyl/N-ethyl adjacent to an activating group) is 1. The lowest BCUT2D eigenvalue weighted by Gasteiger charge is -2.28. The van der Waals surface area contributed by atoms with Gasteiger partial charge in [0.2, 0.25) is 0 Å². The fourth-order valence-electron chi connectivity index (χ4n) is 6.79. The summed E-state index contributed by atoms with van der Waals surface area (Å²) < 4.78 is 34.0. The second-order valence-corrected chi connectivity index (χ2v) is 19.9. The molecule has 0 saturated heterocycles. The minimum atomic E-state index is -4.65. The third-order valence-electron chi connectivity index (χ3n) is 10.9. The molecule has 0 amide bonds. The topological polar surface area (TPSA) is 111 Å². The summed E-state index contributed by atoms with van der Waals surface area (Å²) in [6.07, 6.45) is 64.4. The van der Waals surface area contributed by atoms with E-state index in [1.807, 2.05) is 21.1 Å². The molecule has 0 fully saturated rings. The van der Waals surface area contributed by atoms with Crippen molar-refractivity contribution in [1.82, 2.24) is 0 Å². The Labute approximate surface area is 411 Å². The zero-order valence-corrected chi connectivity index (χ0v) is 44.2. The Bertz CT molecular complexity index is 1450. The molecular formula is C57H98NO8P. The standard InChI is InChI=1S/C57H98NO8P/c1-6-8-10-12-14-16-18-20-22-24-25-26-27-28-29-30-31-32-33-34-36-38-40-42-44-46-48-50-57(60)66-55(54-65-67(61,62)64-52-51-58(3,4)5)53-63-56(59)49-47-45-43-41-39-37-35-23-21-19-17-15-13-11-9-7-2/h8,10,14,16,20,22,25-26,28-29,31-32,34,36,40,42,55H,6-7,9,11-13,15,17-19,21,23-24,27,30,33,35,37-39,41,43-54H2,1-5H3/b10-8-,16-14-,22-20-,26-25-,29-28-,32-31-,36-34-,42-40-. The van der Waals surface area contributed by atoms with E-state index in [2.05, 4.69) is 111 Å². The SMILES string of the molecule is CC/C=C\C/C=C\C/C=C\C/C=C\C/C=C\C/C=C\C/C=C\C/C=C\CCCCC(=O)OC(COC(=O)CCCCCCCCCCCCCCCCCC)COP(=O)([O-])OCC[N+](C)(C)C. The van der Waals surface area contributed by atoms with Crippen LogP contribution in [0.5, 0.6) is 0 Å². The van der Waals surface area contributed by atoms with Gasteiger partial charge in [-0.3, -0.25) is 14.2 Å². The predicted octanol–water partition coefficient (Wildman–Crippen LogP) is 15.5. The van der Waals surface area contributed by atoms with E-state index in [1.165, 1.54) is 83.5 Å². The Hall–Kier alpha value is -3.07. The summed E-state index contributed by atoms with van der Waals surface area (Å²) in [5, 5.41) is 0. The van der Waals surface area contributed by atoms with Gasteiger partial charge in [-0.05, 0) is 77.0 Å². The van der Waals surface area contributed by atoms with E-state index in [9.17, 15) is 19.0 Å². The number of allylic oxidation sites excluding steroid dienone is 16. The second kappa shape index (κ2) is 48.0. The van der Waals surface area contributed by atoms with Gasteiger partial charge in [0.1, 0.15) is 19.8 Å². The quantitative estimate of drug-likeness (QED) is 0.0195. The lowest BCUT2D eigenvalue weighted by atomic mass is 10.0. The first-order valence-corrected chi connectivity index (χ1v) is 27.9. The van der Waals surface area contributed by atoms with Crippen LogP contribution in [0.1, 0.15) is 200 Å². The van der Waals surface area contributed by atoms with Gasteiger partial charge in [-0.15, -0.1) is 0 Å². The van der Waals surface area contributed by atoms with Crippen molar-refractivity contribution in [3.05, 3.63) is 97.2 Å². The fourth-order valence-corrected chi connectivity index (χ4v) is 7.52. The number of esters is 2. The van der Waals surface area contributed by atoms with Crippen LogP contribution < -0.4 is 4.89 Å². The molecule has 10 heteroatoms. The van der Waals surface area contributed by atoms with Crippen LogP contribution in [-0.4, -0.2) is 70.0 Å². The zero-order chi connectivity index (χ0) is 49.2. The van der Waals surface area contributed by atoms with Gasteiger partial charge in [-0.2, -0.15) is 0 Å². The molecule has 0 aromatic carbocycles. The fraction of sp³-hybridized carbons (Fsp3) is 0.684. The van der Waals surface area contributed by atoms with E-state index in [0.717, 1.165) is 83.5 Å². The van der Waals surface area contributed by atoms with Crippen molar-refractivity contribution in [1.29, 1.82) is 0 Å². The molecule has 2 atom stereocenters. The molecule has 2 unspecified atom stereocenters. The number of nitrogens with zero attached hydrogens (tertiary/aromatic N) is 1. The van der Waals surface area contributed by atoms with Gasteiger partial charge in [-0.1, -0.05) is 207 Å². The monoisotopic (exact) mass is 956 g/mol. The van der Waals surface area contributed by atoms with Crippen LogP contribution in [-0.2, 0) is 32.7 Å². The van der Waals surface area contributed by atoms with E-state index in [-0.39, 0.29) is 26.1 Å². The van der Waals surface area contributed by atoms with Crippen molar-refractivity contribution >= 4 is 19.8 Å². The van der Waals surface area contributed by atoms with E-state index in [4.69, 9.17) is 18.5 Å². The average molecular weight is 956 g/mol. The largest absolute Gasteiger partial charge is 0.756 e. The Morgan fingerprint density at radius 1 is 0.478 bits per heavy atom. The first kappa shape index (κ1) is 63.9. The summed E-state index contributed by atoms with van der Waals surface area (Å²) in [6.45, 7) is 4.07. The van der Waals surface area contributed by atoms with E-state index in [0.29, 0.717) is 17.4 Å². The molecule has 0 rings (SSSR count). The van der Waals surface area contributed by atoms with Gasteiger partial charge in [-0.25, -0.2) is 0 Å². The highest BCUT2D eigenvalue weighted by atomic mass is 31.2. The maximum absolute atomic E-state index is 12.7. The number of ether oxygens (including phenoxy) is 2. The molecule has 0 spiro atoms. The van der Waals surface area contributed by atoms with Crippen LogP contribution in [0.15, 0.2) is 97.2 Å². The first-order valence-electron chi connectivity index (χ1n) is 26.4. The summed E-state index contributed by atoms with van der Waals surface area (Å²) in [7, 11) is 1.13. The number of unbranched alkanes of at least 4 members (excludes halogenated alkanes) is 17. The highest BCUT2D eigenvalue weighted by Gasteiger charge is 2.21. The highest BCUT2D eigenvalue weighted by Crippen LogP contribution is 2.38. The van der Waals surface area contributed by atoms with Gasteiger partial charge in [0.15, 0.2) is 6.10 Å². The molecule has 0 radical (unpaired) electrons. The van der Waals surface area contributed by atoms with Gasteiger partial charge in [0.25, 0.3) is 7.82 Å². The molecule has 0 heterocycles. The smallest absolute Gasteiger partial charge is 0.306 e. The van der Waals surface area contributed by atoms with Crippen molar-refractivity contribution in [2.75, 3.05) is 47.5 Å². The molecule has 0 saturated carbocycles. The molecule has 0 aliphatic heterocycles. The van der Waals surface area contributed by atoms with Crippen molar-refractivity contribution < 1.29 is 42.1 Å². The zero-order valence-electron chi connectivity index (χ0n) is 43.3.